The van der Waals surface area contributed by atoms with E-state index in [1.165, 1.54) is 30.5 Å². The first-order chi connectivity index (χ1) is 20.0. The standard InChI is InChI=1S/C9H5ClFNO2S.C9H6FN.C9H8N2.CH4.ClHO3S/c10-15(13,14)8-3-1-2-6-4-7(11)5-12-9(6)8;2*10-8-5-7-3-1-2-4-9(7)11-6-8;;1-4-5(2)3/h1-5H;1-6H;1-6H,10H2;1H4;(H,2,3)/p-1. The molecule has 2 N–H and O–H groups in total. The lowest BCUT2D eigenvalue weighted by molar-refractivity contribution is 0.457. The average molecular weight is 669 g/mol. The van der Waals surface area contributed by atoms with Gasteiger partial charge in [-0.2, -0.15) is 3.74 Å². The second-order valence-corrected chi connectivity index (χ2v) is 11.4. The zero-order chi connectivity index (χ0) is 30.7. The van der Waals surface area contributed by atoms with Crippen LogP contribution in [0.4, 0.5) is 14.5 Å². The van der Waals surface area contributed by atoms with Gasteiger partial charge in [0.25, 0.3) is 9.05 Å². The van der Waals surface area contributed by atoms with Crippen molar-refractivity contribution < 1.29 is 29.7 Å². The second-order valence-electron chi connectivity index (χ2n) is 7.99. The van der Waals surface area contributed by atoms with E-state index in [0.29, 0.717) is 11.1 Å². The summed E-state index contributed by atoms with van der Waals surface area (Å²) in [6, 6.07) is 24.3. The number of anilines is 1. The number of benzene rings is 3. The number of rotatable bonds is 2. The highest BCUT2D eigenvalue weighted by molar-refractivity contribution is 8.14. The van der Waals surface area contributed by atoms with Crippen LogP contribution in [0.5, 0.6) is 0 Å². The number of nitrogens with zero attached hydrogens (tertiary/aromatic N) is 3. The van der Waals surface area contributed by atoms with E-state index in [4.69, 9.17) is 25.2 Å². The van der Waals surface area contributed by atoms with Gasteiger partial charge in [0, 0.05) is 26.8 Å². The minimum absolute atomic E-state index is 0. The molecule has 0 saturated carbocycles. The van der Waals surface area contributed by atoms with Gasteiger partial charge in [-0.1, -0.05) is 56.0 Å². The summed E-state index contributed by atoms with van der Waals surface area (Å²) in [5, 5.41) is 2.33. The molecule has 0 spiro atoms. The van der Waals surface area contributed by atoms with Crippen LogP contribution in [0, 0.1) is 11.6 Å². The zero-order valence-electron chi connectivity index (χ0n) is 21.1. The number of aromatic nitrogens is 3. The van der Waals surface area contributed by atoms with Crippen LogP contribution >= 0.6 is 22.5 Å². The summed E-state index contributed by atoms with van der Waals surface area (Å²) in [6.45, 7) is 0. The lowest BCUT2D eigenvalue weighted by Crippen LogP contribution is -1.94. The molecule has 0 aliphatic heterocycles. The van der Waals surface area contributed by atoms with Crippen molar-refractivity contribution in [3.05, 3.63) is 115 Å². The quantitative estimate of drug-likeness (QED) is 0.151. The first-order valence-corrected chi connectivity index (χ1v) is 15.1. The Morgan fingerprint density at radius 2 is 1.23 bits per heavy atom. The molecule has 3 aromatic carbocycles. The Kier molecular flexibility index (Phi) is 13.7. The van der Waals surface area contributed by atoms with Crippen LogP contribution < -0.4 is 5.73 Å². The average Bonchev–Trinajstić information content (AvgIpc) is 2.97. The van der Waals surface area contributed by atoms with Gasteiger partial charge in [0.1, 0.15) is 27.9 Å². The van der Waals surface area contributed by atoms with Crippen molar-refractivity contribution in [1.82, 2.24) is 15.0 Å². The van der Waals surface area contributed by atoms with Crippen LogP contribution in [0.2, 0.25) is 0 Å². The Balaban J connectivity index is 0.000000209. The number of nitrogen functional groups attached to an aromatic ring is 1. The number of hydrogen-bond donors (Lipinski definition) is 1. The molecule has 0 amide bonds. The molecule has 15 heteroatoms. The van der Waals surface area contributed by atoms with E-state index in [1.807, 2.05) is 54.6 Å². The van der Waals surface area contributed by atoms with Gasteiger partial charge in [0.05, 0.1) is 52.7 Å². The van der Waals surface area contributed by atoms with Gasteiger partial charge in [-0.3, -0.25) is 15.0 Å². The summed E-state index contributed by atoms with van der Waals surface area (Å²) in [6.07, 6.45) is 3.85. The summed E-state index contributed by atoms with van der Waals surface area (Å²) in [5.41, 5.74) is 8.26. The first-order valence-electron chi connectivity index (χ1n) is 11.5. The minimum atomic E-state index is -3.85. The first kappa shape index (κ1) is 35.3. The van der Waals surface area contributed by atoms with Gasteiger partial charge in [-0.25, -0.2) is 21.4 Å². The van der Waals surface area contributed by atoms with Crippen LogP contribution in [0.3, 0.4) is 0 Å². The smallest absolute Gasteiger partial charge is 0.263 e. The molecule has 0 bridgehead atoms. The van der Waals surface area contributed by atoms with Crippen molar-refractivity contribution in [3.8, 4) is 0 Å². The van der Waals surface area contributed by atoms with Crippen LogP contribution in [-0.2, 0) is 24.1 Å². The molecule has 6 aromatic rings. The molecular weight excluding hydrogens is 645 g/mol. The maximum Gasteiger partial charge on any atom is 0.263 e. The normalized spacial score (nSPS) is 11.1. The highest BCUT2D eigenvalue weighted by Gasteiger charge is 2.15. The fraction of sp³-hybridized carbons (Fsp3) is 0.0357. The SMILES string of the molecule is C.Fc1cnc2ccccc2c1.Nc1cnc2ccccc2c1.O=S(=O)(Cl)c1cccc2cc(F)cnc12.O=S([O-])OCl. The van der Waals surface area contributed by atoms with Crippen molar-refractivity contribution in [3.63, 3.8) is 0 Å². The fourth-order valence-electron chi connectivity index (χ4n) is 3.43. The number of hydrogen-bond acceptors (Lipinski definition) is 9. The topological polar surface area (TPSA) is 148 Å². The van der Waals surface area contributed by atoms with E-state index in [0.717, 1.165) is 28.0 Å². The molecule has 1 atom stereocenters. The highest BCUT2D eigenvalue weighted by Crippen LogP contribution is 2.24. The molecule has 3 heterocycles. The van der Waals surface area contributed by atoms with Gasteiger partial charge < -0.3 is 10.3 Å². The summed E-state index contributed by atoms with van der Waals surface area (Å²) in [5.74, 6) is -0.810. The highest BCUT2D eigenvalue weighted by atomic mass is 35.7. The Bertz CT molecular complexity index is 1880. The summed E-state index contributed by atoms with van der Waals surface area (Å²) in [4.78, 5) is 11.7. The van der Waals surface area contributed by atoms with Gasteiger partial charge in [-0.15, -0.1) is 0 Å². The molecule has 0 radical (unpaired) electrons. The molecule has 0 saturated heterocycles. The predicted molar refractivity (Wildman–Crippen MR) is 165 cm³/mol. The van der Waals surface area contributed by atoms with Gasteiger partial charge in [-0.05, 0) is 36.4 Å². The third-order valence-corrected chi connectivity index (χ3v) is 6.89. The largest absolute Gasteiger partial charge is 0.749 e. The van der Waals surface area contributed by atoms with Crippen molar-refractivity contribution in [2.24, 2.45) is 0 Å². The maximum absolute atomic E-state index is 12.8. The Morgan fingerprint density at radius 3 is 1.79 bits per heavy atom. The number of para-hydroxylation sites is 3. The van der Waals surface area contributed by atoms with Crippen molar-refractivity contribution in [1.29, 1.82) is 0 Å². The molecule has 1 unspecified atom stereocenters. The lowest BCUT2D eigenvalue weighted by atomic mass is 10.2. The molecule has 226 valence electrons. The van der Waals surface area contributed by atoms with Gasteiger partial charge in [0.15, 0.2) is 0 Å². The molecule has 3 aromatic heterocycles. The van der Waals surface area contributed by atoms with Crippen LogP contribution in [0.1, 0.15) is 7.43 Å². The fourth-order valence-corrected chi connectivity index (χ4v) is 4.45. The van der Waals surface area contributed by atoms with E-state index in [-0.39, 0.29) is 23.7 Å². The summed E-state index contributed by atoms with van der Waals surface area (Å²) < 4.78 is 68.9. The predicted octanol–water partition coefficient (Wildman–Crippen LogP) is 7.08. The van der Waals surface area contributed by atoms with Crippen LogP contribution in [0.25, 0.3) is 32.7 Å². The van der Waals surface area contributed by atoms with Crippen molar-refractivity contribution in [2.75, 3.05) is 5.73 Å². The molecule has 0 aliphatic carbocycles. The van der Waals surface area contributed by atoms with E-state index >= 15 is 0 Å². The number of halogens is 4. The van der Waals surface area contributed by atoms with E-state index in [1.54, 1.807) is 12.3 Å². The molecule has 0 fully saturated rings. The van der Waals surface area contributed by atoms with Gasteiger partial charge >= 0.3 is 0 Å². The molecular formula is C28H23Cl2F2N4O5S2-. The monoisotopic (exact) mass is 667 g/mol. The molecule has 0 aliphatic rings. The number of fused-ring (bicyclic) bond motifs is 3. The van der Waals surface area contributed by atoms with Gasteiger partial charge in [0.2, 0.25) is 0 Å². The van der Waals surface area contributed by atoms with E-state index < -0.39 is 26.2 Å². The Morgan fingerprint density at radius 1 is 0.767 bits per heavy atom. The molecule has 6 rings (SSSR count). The Hall–Kier alpha value is -3.85. The molecule has 43 heavy (non-hydrogen) atoms. The third-order valence-electron chi connectivity index (χ3n) is 5.12. The maximum atomic E-state index is 12.8. The summed E-state index contributed by atoms with van der Waals surface area (Å²) in [7, 11) is 1.36. The zero-order valence-corrected chi connectivity index (χ0v) is 24.2. The summed E-state index contributed by atoms with van der Waals surface area (Å²) >= 11 is 1.67. The lowest BCUT2D eigenvalue weighted by Gasteiger charge is -2.01. The minimum Gasteiger partial charge on any atom is -0.749 e. The van der Waals surface area contributed by atoms with Crippen molar-refractivity contribution in [2.45, 2.75) is 12.3 Å². The molecule has 9 nitrogen and oxygen atoms in total. The van der Waals surface area contributed by atoms with E-state index in [9.17, 15) is 17.2 Å². The van der Waals surface area contributed by atoms with Crippen LogP contribution in [0.15, 0.2) is 108 Å². The van der Waals surface area contributed by atoms with E-state index in [2.05, 4.69) is 30.6 Å². The number of nitrogens with two attached hydrogens (primary N) is 1. The second kappa shape index (κ2) is 16.7. The number of pyridine rings is 3. The Labute approximate surface area is 258 Å². The third kappa shape index (κ3) is 11.1. The van der Waals surface area contributed by atoms with Crippen LogP contribution in [-0.4, -0.2) is 32.1 Å². The van der Waals surface area contributed by atoms with Crippen molar-refractivity contribution >= 4 is 81.4 Å².